The van der Waals surface area contributed by atoms with Gasteiger partial charge in [0.15, 0.2) is 11.4 Å². The fourth-order valence-electron chi connectivity index (χ4n) is 1.38. The Labute approximate surface area is 116 Å². The van der Waals surface area contributed by atoms with Crippen LogP contribution in [0.25, 0.3) is 0 Å². The average molecular weight is 303 g/mol. The third-order valence-corrected chi connectivity index (χ3v) is 2.45. The van der Waals surface area contributed by atoms with Crippen LogP contribution in [0.15, 0.2) is 30.3 Å². The Kier molecular flexibility index (Phi) is 3.89. The summed E-state index contributed by atoms with van der Waals surface area (Å²) in [6.45, 7) is 0. The molecule has 20 heavy (non-hydrogen) atoms. The highest BCUT2D eigenvalue weighted by molar-refractivity contribution is 6.29. The van der Waals surface area contributed by atoms with E-state index in [-0.39, 0.29) is 22.3 Å². The lowest BCUT2D eigenvalue weighted by atomic mass is 10.2. The monoisotopic (exact) mass is 302 g/mol. The zero-order valence-corrected chi connectivity index (χ0v) is 10.4. The molecule has 1 aromatic carbocycles. The maximum absolute atomic E-state index is 12.5. The molecule has 1 aromatic heterocycles. The predicted molar refractivity (Wildman–Crippen MR) is 63.9 cm³/mol. The molecular weight excluding hydrogens is 297 g/mol. The van der Waals surface area contributed by atoms with Gasteiger partial charge in [-0.2, -0.15) is 13.2 Å². The van der Waals surface area contributed by atoms with Crippen LogP contribution in [0.2, 0.25) is 5.15 Å². The number of halogens is 4. The molecule has 8 heteroatoms. The summed E-state index contributed by atoms with van der Waals surface area (Å²) in [5, 5.41) is 6.96. The molecule has 4 nitrogen and oxygen atoms in total. The van der Waals surface area contributed by atoms with Gasteiger partial charge in [0, 0.05) is 0 Å². The molecule has 0 spiro atoms. The van der Waals surface area contributed by atoms with E-state index in [4.69, 9.17) is 16.3 Å². The van der Waals surface area contributed by atoms with Crippen molar-refractivity contribution < 1.29 is 22.7 Å². The van der Waals surface area contributed by atoms with Crippen LogP contribution in [0.5, 0.6) is 11.6 Å². The number of nitrogens with zero attached hydrogens (tertiary/aromatic N) is 2. The summed E-state index contributed by atoms with van der Waals surface area (Å²) >= 11 is 5.55. The molecule has 2 rings (SSSR count). The van der Waals surface area contributed by atoms with Gasteiger partial charge in [0.1, 0.15) is 5.75 Å². The van der Waals surface area contributed by atoms with Crippen LogP contribution in [0.3, 0.4) is 0 Å². The Bertz CT molecular complexity index is 647. The second kappa shape index (κ2) is 5.46. The lowest BCUT2D eigenvalue weighted by molar-refractivity contribution is -0.137. The van der Waals surface area contributed by atoms with E-state index in [0.29, 0.717) is 6.29 Å². The molecule has 104 valence electrons. The van der Waals surface area contributed by atoms with Gasteiger partial charge >= 0.3 is 6.18 Å². The van der Waals surface area contributed by atoms with E-state index in [1.54, 1.807) is 0 Å². The summed E-state index contributed by atoms with van der Waals surface area (Å²) in [6.07, 6.45) is -4.07. The summed E-state index contributed by atoms with van der Waals surface area (Å²) in [7, 11) is 0. The molecule has 0 aliphatic carbocycles. The maximum Gasteiger partial charge on any atom is 0.416 e. The average Bonchev–Trinajstić information content (AvgIpc) is 2.40. The summed E-state index contributed by atoms with van der Waals surface area (Å²) < 4.78 is 42.8. The van der Waals surface area contributed by atoms with E-state index >= 15 is 0 Å². The minimum absolute atomic E-state index is 0.0117. The van der Waals surface area contributed by atoms with Gasteiger partial charge in [0.2, 0.25) is 5.88 Å². The number of rotatable bonds is 3. The van der Waals surface area contributed by atoms with Crippen LogP contribution >= 0.6 is 11.6 Å². The standard InChI is InChI=1S/C12H6ClF3N2O2/c13-10-4-7(6-19)11(18-17-10)20-9-3-1-2-8(5-9)12(14,15)16/h1-6H. The van der Waals surface area contributed by atoms with Crippen molar-refractivity contribution in [3.63, 3.8) is 0 Å². The third-order valence-electron chi connectivity index (χ3n) is 2.26. The second-order valence-electron chi connectivity index (χ2n) is 3.67. The number of ether oxygens (including phenoxy) is 1. The molecular formula is C12H6ClF3N2O2. The van der Waals surface area contributed by atoms with Gasteiger partial charge in [-0.15, -0.1) is 10.2 Å². The molecule has 0 bridgehead atoms. The zero-order valence-electron chi connectivity index (χ0n) is 9.69. The van der Waals surface area contributed by atoms with Gasteiger partial charge < -0.3 is 4.74 Å². The molecule has 0 aliphatic rings. The lowest BCUT2D eigenvalue weighted by Crippen LogP contribution is -2.05. The van der Waals surface area contributed by atoms with Crippen LogP contribution in [0.4, 0.5) is 13.2 Å². The van der Waals surface area contributed by atoms with E-state index in [9.17, 15) is 18.0 Å². The Hall–Kier alpha value is -2.15. The topological polar surface area (TPSA) is 52.1 Å². The Morgan fingerprint density at radius 3 is 2.60 bits per heavy atom. The number of carbonyl (C=O) groups excluding carboxylic acids is 1. The van der Waals surface area contributed by atoms with Gasteiger partial charge in [-0.3, -0.25) is 4.79 Å². The van der Waals surface area contributed by atoms with Crippen molar-refractivity contribution in [1.29, 1.82) is 0 Å². The van der Waals surface area contributed by atoms with E-state index in [1.165, 1.54) is 18.2 Å². The van der Waals surface area contributed by atoms with Crippen molar-refractivity contribution >= 4 is 17.9 Å². The SMILES string of the molecule is O=Cc1cc(Cl)nnc1Oc1cccc(C(F)(F)F)c1. The Morgan fingerprint density at radius 2 is 1.95 bits per heavy atom. The molecule has 1 heterocycles. The van der Waals surface area contributed by atoms with Crippen LogP contribution in [0.1, 0.15) is 15.9 Å². The van der Waals surface area contributed by atoms with Crippen LogP contribution in [0, 0.1) is 0 Å². The van der Waals surface area contributed by atoms with Crippen molar-refractivity contribution in [2.24, 2.45) is 0 Å². The fourth-order valence-corrected chi connectivity index (χ4v) is 1.54. The van der Waals surface area contributed by atoms with Crippen molar-refractivity contribution in [2.45, 2.75) is 6.18 Å². The molecule has 2 aromatic rings. The Balaban J connectivity index is 2.33. The summed E-state index contributed by atoms with van der Waals surface area (Å²) in [5.41, 5.74) is -0.882. The predicted octanol–water partition coefficient (Wildman–Crippen LogP) is 3.75. The van der Waals surface area contributed by atoms with E-state index in [1.807, 2.05) is 0 Å². The number of aromatic nitrogens is 2. The van der Waals surface area contributed by atoms with Gasteiger partial charge in [0.05, 0.1) is 11.1 Å². The smallest absolute Gasteiger partial charge is 0.416 e. The molecule has 0 atom stereocenters. The van der Waals surface area contributed by atoms with Crippen molar-refractivity contribution in [3.05, 3.63) is 46.6 Å². The minimum Gasteiger partial charge on any atom is -0.437 e. The van der Waals surface area contributed by atoms with Gasteiger partial charge in [-0.25, -0.2) is 0 Å². The number of carbonyl (C=O) groups is 1. The summed E-state index contributed by atoms with van der Waals surface area (Å²) in [5.74, 6) is -0.330. The molecule has 0 unspecified atom stereocenters. The maximum atomic E-state index is 12.5. The highest BCUT2D eigenvalue weighted by Gasteiger charge is 2.30. The minimum atomic E-state index is -4.49. The number of hydrogen-bond acceptors (Lipinski definition) is 4. The van der Waals surface area contributed by atoms with Crippen LogP contribution < -0.4 is 4.74 Å². The first-order valence-corrected chi connectivity index (χ1v) is 5.61. The Morgan fingerprint density at radius 1 is 1.20 bits per heavy atom. The van der Waals surface area contributed by atoms with E-state index < -0.39 is 11.7 Å². The largest absolute Gasteiger partial charge is 0.437 e. The van der Waals surface area contributed by atoms with Crippen molar-refractivity contribution in [2.75, 3.05) is 0 Å². The molecule has 0 fully saturated rings. The lowest BCUT2D eigenvalue weighted by Gasteiger charge is -2.10. The molecule has 0 aliphatic heterocycles. The summed E-state index contributed by atoms with van der Waals surface area (Å²) in [6, 6.07) is 5.39. The number of hydrogen-bond donors (Lipinski definition) is 0. The number of alkyl halides is 3. The zero-order chi connectivity index (χ0) is 14.8. The van der Waals surface area contributed by atoms with Gasteiger partial charge in [-0.1, -0.05) is 17.7 Å². The van der Waals surface area contributed by atoms with Crippen LogP contribution in [-0.2, 0) is 6.18 Å². The molecule has 0 saturated carbocycles. The molecule has 0 radical (unpaired) electrons. The van der Waals surface area contributed by atoms with Gasteiger partial charge in [0.25, 0.3) is 0 Å². The summed E-state index contributed by atoms with van der Waals surface area (Å²) in [4.78, 5) is 10.8. The first-order chi connectivity index (χ1) is 9.40. The molecule has 0 amide bonds. The van der Waals surface area contributed by atoms with Crippen molar-refractivity contribution in [1.82, 2.24) is 10.2 Å². The number of benzene rings is 1. The second-order valence-corrected chi connectivity index (χ2v) is 4.06. The highest BCUT2D eigenvalue weighted by Crippen LogP contribution is 2.32. The van der Waals surface area contributed by atoms with E-state index in [2.05, 4.69) is 10.2 Å². The first-order valence-electron chi connectivity index (χ1n) is 5.23. The first kappa shape index (κ1) is 14.3. The van der Waals surface area contributed by atoms with E-state index in [0.717, 1.165) is 12.1 Å². The quantitative estimate of drug-likeness (QED) is 0.810. The van der Waals surface area contributed by atoms with Gasteiger partial charge in [-0.05, 0) is 24.3 Å². The highest BCUT2D eigenvalue weighted by atomic mass is 35.5. The fraction of sp³-hybridized carbons (Fsp3) is 0.0833. The number of aldehydes is 1. The van der Waals surface area contributed by atoms with Crippen LogP contribution in [-0.4, -0.2) is 16.5 Å². The molecule has 0 saturated heterocycles. The van der Waals surface area contributed by atoms with Crippen molar-refractivity contribution in [3.8, 4) is 11.6 Å². The third kappa shape index (κ3) is 3.24. The molecule has 0 N–H and O–H groups in total. The normalized spacial score (nSPS) is 11.2.